The van der Waals surface area contributed by atoms with Crippen molar-refractivity contribution in [2.45, 2.75) is 24.5 Å². The maximum Gasteiger partial charge on any atom is 0.330 e. The summed E-state index contributed by atoms with van der Waals surface area (Å²) in [5, 5.41) is 28.0. The van der Waals surface area contributed by atoms with E-state index in [0.717, 1.165) is 0 Å². The first kappa shape index (κ1) is 12.9. The molecule has 1 aromatic heterocycles. The number of hydrogen-bond acceptors (Lipinski definition) is 6. The normalized spacial score (nSPS) is 31.8. The van der Waals surface area contributed by atoms with E-state index < -0.39 is 48.2 Å². The predicted molar refractivity (Wildman–Crippen MR) is 54.3 cm³/mol. The number of nitrogens with zero attached hydrogens (tertiary/aromatic N) is 1. The van der Waals surface area contributed by atoms with Gasteiger partial charge in [0, 0.05) is 0 Å². The summed E-state index contributed by atoms with van der Waals surface area (Å²) in [6.45, 7) is -0.574. The van der Waals surface area contributed by atoms with Gasteiger partial charge in [-0.3, -0.25) is 14.3 Å². The van der Waals surface area contributed by atoms with Gasteiger partial charge in [-0.2, -0.15) is 4.39 Å². The zero-order valence-corrected chi connectivity index (χ0v) is 8.99. The molecule has 2 heterocycles. The highest BCUT2D eigenvalue weighted by Crippen LogP contribution is 2.27. The minimum atomic E-state index is -1.52. The van der Waals surface area contributed by atoms with Crippen LogP contribution in [0, 0.1) is 5.82 Å². The standard InChI is InChI=1S/C9H11FN2O6/c10-3-1-12(9(17)11-7(3)16)8-6(15)5(14)4(2-13)18-8/h1,4-6,8,13-15H,2H2,(H,11,16,17)/t4-,5?,6?,8-/m0/s1. The van der Waals surface area contributed by atoms with Crippen LogP contribution >= 0.6 is 0 Å². The molecule has 100 valence electrons. The van der Waals surface area contributed by atoms with Crippen molar-refractivity contribution < 1.29 is 24.4 Å². The van der Waals surface area contributed by atoms with E-state index in [9.17, 15) is 24.2 Å². The third kappa shape index (κ3) is 1.97. The van der Waals surface area contributed by atoms with Crippen molar-refractivity contribution in [2.75, 3.05) is 6.61 Å². The largest absolute Gasteiger partial charge is 0.394 e. The highest BCUT2D eigenvalue weighted by Gasteiger charge is 2.43. The van der Waals surface area contributed by atoms with Crippen molar-refractivity contribution in [3.05, 3.63) is 32.9 Å². The molecule has 8 nitrogen and oxygen atoms in total. The molecule has 1 fully saturated rings. The summed E-state index contributed by atoms with van der Waals surface area (Å²) in [4.78, 5) is 24.0. The first-order valence-corrected chi connectivity index (χ1v) is 5.09. The zero-order chi connectivity index (χ0) is 13.4. The van der Waals surface area contributed by atoms with Crippen molar-refractivity contribution in [3.8, 4) is 0 Å². The van der Waals surface area contributed by atoms with Gasteiger partial charge >= 0.3 is 5.69 Å². The average Bonchev–Trinajstić information content (AvgIpc) is 2.61. The number of H-pyrrole nitrogens is 1. The number of hydrogen-bond donors (Lipinski definition) is 4. The molecule has 1 saturated heterocycles. The number of aromatic nitrogens is 2. The molecule has 4 N–H and O–H groups in total. The van der Waals surface area contributed by atoms with Crippen LogP contribution in [-0.4, -0.2) is 49.8 Å². The van der Waals surface area contributed by atoms with Gasteiger partial charge in [0.25, 0.3) is 5.56 Å². The number of aliphatic hydroxyl groups excluding tert-OH is 3. The molecular formula is C9H11FN2O6. The summed E-state index contributed by atoms with van der Waals surface area (Å²) in [5.74, 6) is -1.23. The lowest BCUT2D eigenvalue weighted by molar-refractivity contribution is -0.0554. The Hall–Kier alpha value is -1.55. The van der Waals surface area contributed by atoms with E-state index >= 15 is 0 Å². The monoisotopic (exact) mass is 262 g/mol. The van der Waals surface area contributed by atoms with Gasteiger partial charge in [-0.05, 0) is 0 Å². The van der Waals surface area contributed by atoms with Crippen LogP contribution in [0.25, 0.3) is 0 Å². The topological polar surface area (TPSA) is 125 Å². The molecule has 2 unspecified atom stereocenters. The number of rotatable bonds is 2. The molecule has 0 spiro atoms. The molecule has 0 amide bonds. The van der Waals surface area contributed by atoms with E-state index in [-0.39, 0.29) is 0 Å². The van der Waals surface area contributed by atoms with Crippen LogP contribution in [0.2, 0.25) is 0 Å². The van der Waals surface area contributed by atoms with Crippen molar-refractivity contribution in [2.24, 2.45) is 0 Å². The van der Waals surface area contributed by atoms with Gasteiger partial charge in [-0.25, -0.2) is 4.79 Å². The number of nitrogens with one attached hydrogen (secondary N) is 1. The van der Waals surface area contributed by atoms with Gasteiger partial charge in [0.2, 0.25) is 5.82 Å². The second kappa shape index (κ2) is 4.61. The first-order chi connectivity index (χ1) is 8.45. The van der Waals surface area contributed by atoms with Crippen molar-refractivity contribution in [1.82, 2.24) is 9.55 Å². The van der Waals surface area contributed by atoms with Crippen molar-refractivity contribution >= 4 is 0 Å². The summed E-state index contributed by atoms with van der Waals surface area (Å²) < 4.78 is 18.7. The Morgan fingerprint density at radius 2 is 2.06 bits per heavy atom. The third-order valence-electron chi connectivity index (χ3n) is 2.72. The van der Waals surface area contributed by atoms with E-state index in [4.69, 9.17) is 9.84 Å². The fourth-order valence-electron chi connectivity index (χ4n) is 1.76. The van der Waals surface area contributed by atoms with E-state index in [1.807, 2.05) is 0 Å². The first-order valence-electron chi connectivity index (χ1n) is 5.09. The molecule has 0 radical (unpaired) electrons. The van der Waals surface area contributed by atoms with E-state index in [2.05, 4.69) is 0 Å². The fourth-order valence-corrected chi connectivity index (χ4v) is 1.76. The Balaban J connectivity index is 2.42. The van der Waals surface area contributed by atoms with Gasteiger partial charge in [-0.1, -0.05) is 0 Å². The van der Waals surface area contributed by atoms with E-state index in [1.165, 1.54) is 0 Å². The molecule has 9 heteroatoms. The minimum absolute atomic E-state index is 0.571. The van der Waals surface area contributed by atoms with Crippen LogP contribution in [-0.2, 0) is 4.74 Å². The average molecular weight is 262 g/mol. The Morgan fingerprint density at radius 3 is 2.61 bits per heavy atom. The third-order valence-corrected chi connectivity index (χ3v) is 2.72. The summed E-state index contributed by atoms with van der Waals surface area (Å²) in [7, 11) is 0. The Morgan fingerprint density at radius 1 is 1.39 bits per heavy atom. The maximum atomic E-state index is 13.1. The number of aromatic amines is 1. The zero-order valence-electron chi connectivity index (χ0n) is 8.99. The molecule has 18 heavy (non-hydrogen) atoms. The minimum Gasteiger partial charge on any atom is -0.394 e. The second-order valence-electron chi connectivity index (χ2n) is 3.87. The Labute approximate surface area is 98.9 Å². The lowest BCUT2D eigenvalue weighted by atomic mass is 10.1. The summed E-state index contributed by atoms with van der Waals surface area (Å²) in [5.41, 5.74) is -2.18. The van der Waals surface area contributed by atoms with E-state index in [1.54, 1.807) is 4.98 Å². The molecular weight excluding hydrogens is 251 g/mol. The number of aliphatic hydroxyl groups is 3. The molecule has 1 aliphatic rings. The van der Waals surface area contributed by atoms with Gasteiger partial charge in [-0.15, -0.1) is 0 Å². The van der Waals surface area contributed by atoms with Crippen LogP contribution < -0.4 is 11.2 Å². The molecule has 2 rings (SSSR count). The molecule has 1 aliphatic heterocycles. The van der Waals surface area contributed by atoms with Crippen molar-refractivity contribution in [1.29, 1.82) is 0 Å². The molecule has 0 bridgehead atoms. The van der Waals surface area contributed by atoms with E-state index in [0.29, 0.717) is 10.8 Å². The Bertz CT molecular complexity index is 555. The molecule has 1 aromatic rings. The van der Waals surface area contributed by atoms with Gasteiger partial charge < -0.3 is 20.1 Å². The SMILES string of the molecule is O=c1[nH]c(=O)n([C@H]2O[C@@H](CO)C(O)C2O)cc1F. The number of halogens is 1. The lowest BCUT2D eigenvalue weighted by Gasteiger charge is -2.16. The number of ether oxygens (including phenoxy) is 1. The second-order valence-corrected chi connectivity index (χ2v) is 3.87. The highest BCUT2D eigenvalue weighted by atomic mass is 19.1. The van der Waals surface area contributed by atoms with Crippen LogP contribution in [0.1, 0.15) is 6.23 Å². The van der Waals surface area contributed by atoms with Crippen LogP contribution in [0.4, 0.5) is 4.39 Å². The molecule has 0 aromatic carbocycles. The molecule has 0 aliphatic carbocycles. The summed E-state index contributed by atoms with van der Waals surface area (Å²) in [6.07, 6.45) is -4.84. The summed E-state index contributed by atoms with van der Waals surface area (Å²) in [6, 6.07) is 0. The quantitative estimate of drug-likeness (QED) is 0.459. The van der Waals surface area contributed by atoms with Crippen LogP contribution in [0.5, 0.6) is 0 Å². The lowest BCUT2D eigenvalue weighted by Crippen LogP contribution is -2.38. The molecule has 0 saturated carbocycles. The van der Waals surface area contributed by atoms with Gasteiger partial charge in [0.05, 0.1) is 12.8 Å². The summed E-state index contributed by atoms with van der Waals surface area (Å²) >= 11 is 0. The van der Waals surface area contributed by atoms with Gasteiger partial charge in [0.15, 0.2) is 6.23 Å². The highest BCUT2D eigenvalue weighted by molar-refractivity contribution is 4.94. The Kier molecular flexibility index (Phi) is 3.30. The van der Waals surface area contributed by atoms with Gasteiger partial charge in [0.1, 0.15) is 18.3 Å². The molecule has 4 atom stereocenters. The van der Waals surface area contributed by atoms with Crippen LogP contribution in [0.3, 0.4) is 0 Å². The predicted octanol–water partition coefficient (Wildman–Crippen LogP) is -2.71. The van der Waals surface area contributed by atoms with Crippen LogP contribution in [0.15, 0.2) is 15.8 Å². The van der Waals surface area contributed by atoms with Crippen molar-refractivity contribution in [3.63, 3.8) is 0 Å². The fraction of sp³-hybridized carbons (Fsp3) is 0.556. The maximum absolute atomic E-state index is 13.1. The smallest absolute Gasteiger partial charge is 0.330 e.